The summed E-state index contributed by atoms with van der Waals surface area (Å²) in [6.45, 7) is 3.04. The highest BCUT2D eigenvalue weighted by Crippen LogP contribution is 2.27. The molecule has 2 heterocycles. The zero-order valence-electron chi connectivity index (χ0n) is 12.3. The summed E-state index contributed by atoms with van der Waals surface area (Å²) in [6, 6.07) is 4.12. The van der Waals surface area contributed by atoms with Crippen LogP contribution in [0.25, 0.3) is 10.9 Å². The van der Waals surface area contributed by atoms with E-state index in [0.717, 1.165) is 12.8 Å². The van der Waals surface area contributed by atoms with Gasteiger partial charge in [-0.3, -0.25) is 4.79 Å². The number of carboxylic acids is 1. The molecule has 0 spiro atoms. The van der Waals surface area contributed by atoms with Gasteiger partial charge in [-0.05, 0) is 43.5 Å². The van der Waals surface area contributed by atoms with Crippen LogP contribution in [0, 0.1) is 12.7 Å². The van der Waals surface area contributed by atoms with E-state index in [9.17, 15) is 19.1 Å². The van der Waals surface area contributed by atoms with E-state index in [1.54, 1.807) is 11.8 Å². The van der Waals surface area contributed by atoms with Crippen LogP contribution in [0.3, 0.4) is 0 Å². The fourth-order valence-electron chi connectivity index (χ4n) is 3.14. The Morgan fingerprint density at radius 3 is 2.59 bits per heavy atom. The Kier molecular flexibility index (Phi) is 3.60. The van der Waals surface area contributed by atoms with E-state index in [1.807, 2.05) is 0 Å². The third-order valence-corrected chi connectivity index (χ3v) is 4.23. The number of amides is 1. The largest absolute Gasteiger partial charge is 0.477 e. The van der Waals surface area contributed by atoms with Gasteiger partial charge in [0, 0.05) is 24.0 Å². The van der Waals surface area contributed by atoms with Gasteiger partial charge in [0.05, 0.1) is 0 Å². The zero-order valence-corrected chi connectivity index (χ0v) is 12.3. The molecule has 0 radical (unpaired) electrons. The number of hydrogen-bond acceptors (Lipinski definition) is 2. The Morgan fingerprint density at radius 2 is 1.95 bits per heavy atom. The normalized spacial score (nSPS) is 14.7. The second-order valence-corrected chi connectivity index (χ2v) is 5.61. The molecule has 22 heavy (non-hydrogen) atoms. The highest BCUT2D eigenvalue weighted by molar-refractivity contribution is 5.99. The van der Waals surface area contributed by atoms with Crippen LogP contribution in [0.4, 0.5) is 4.39 Å². The standard InChI is InChI=1S/C16H17FN2O3/c1-10-12-8-11(17)4-5-13(12)19(15(10)16(21)22)9-14(20)18-6-2-3-7-18/h4-5,8H,2-3,6-7,9H2,1H3,(H,21,22). The van der Waals surface area contributed by atoms with Gasteiger partial charge in [-0.15, -0.1) is 0 Å². The molecule has 0 saturated carbocycles. The number of aromatic nitrogens is 1. The maximum Gasteiger partial charge on any atom is 0.352 e. The van der Waals surface area contributed by atoms with E-state index in [2.05, 4.69) is 0 Å². The summed E-state index contributed by atoms with van der Waals surface area (Å²) in [5.41, 5.74) is 1.10. The predicted molar refractivity (Wildman–Crippen MR) is 79.4 cm³/mol. The Labute approximate surface area is 126 Å². The number of halogens is 1. The third kappa shape index (κ3) is 2.34. The summed E-state index contributed by atoms with van der Waals surface area (Å²) in [4.78, 5) is 25.7. The first-order valence-electron chi connectivity index (χ1n) is 7.28. The lowest BCUT2D eigenvalue weighted by Gasteiger charge is -2.17. The van der Waals surface area contributed by atoms with Gasteiger partial charge in [0.15, 0.2) is 0 Å². The van der Waals surface area contributed by atoms with Crippen molar-refractivity contribution in [3.05, 3.63) is 35.3 Å². The van der Waals surface area contributed by atoms with Gasteiger partial charge in [-0.1, -0.05) is 0 Å². The number of carbonyl (C=O) groups is 2. The molecule has 1 aromatic heterocycles. The van der Waals surface area contributed by atoms with E-state index in [1.165, 1.54) is 22.8 Å². The molecular weight excluding hydrogens is 287 g/mol. The van der Waals surface area contributed by atoms with Gasteiger partial charge in [0.25, 0.3) is 0 Å². The van der Waals surface area contributed by atoms with Crippen molar-refractivity contribution in [3.63, 3.8) is 0 Å². The maximum atomic E-state index is 13.4. The van der Waals surface area contributed by atoms with E-state index in [-0.39, 0.29) is 18.1 Å². The highest BCUT2D eigenvalue weighted by atomic mass is 19.1. The minimum Gasteiger partial charge on any atom is -0.477 e. The van der Waals surface area contributed by atoms with Crippen molar-refractivity contribution >= 4 is 22.8 Å². The van der Waals surface area contributed by atoms with Crippen molar-refractivity contribution in [2.75, 3.05) is 13.1 Å². The third-order valence-electron chi connectivity index (χ3n) is 4.23. The van der Waals surface area contributed by atoms with E-state index in [0.29, 0.717) is 29.6 Å². The van der Waals surface area contributed by atoms with E-state index >= 15 is 0 Å². The van der Waals surface area contributed by atoms with Crippen LogP contribution >= 0.6 is 0 Å². The Balaban J connectivity index is 2.08. The Hall–Kier alpha value is -2.37. The number of fused-ring (bicyclic) bond motifs is 1. The molecule has 2 aromatic rings. The summed E-state index contributed by atoms with van der Waals surface area (Å²) in [6.07, 6.45) is 1.96. The molecule has 1 saturated heterocycles. The maximum absolute atomic E-state index is 13.4. The number of carboxylic acid groups (broad SMARTS) is 1. The lowest BCUT2D eigenvalue weighted by molar-refractivity contribution is -0.130. The fraction of sp³-hybridized carbons (Fsp3) is 0.375. The molecule has 6 heteroatoms. The summed E-state index contributed by atoms with van der Waals surface area (Å²) in [5.74, 6) is -1.62. The van der Waals surface area contributed by atoms with Crippen molar-refractivity contribution in [3.8, 4) is 0 Å². The van der Waals surface area contributed by atoms with Crippen LogP contribution < -0.4 is 0 Å². The SMILES string of the molecule is Cc1c(C(=O)O)n(CC(=O)N2CCCC2)c2ccc(F)cc12. The van der Waals surface area contributed by atoms with Gasteiger partial charge >= 0.3 is 5.97 Å². The van der Waals surface area contributed by atoms with Crippen molar-refractivity contribution in [2.24, 2.45) is 0 Å². The number of rotatable bonds is 3. The van der Waals surface area contributed by atoms with E-state index < -0.39 is 11.8 Å². The number of hydrogen-bond donors (Lipinski definition) is 1. The summed E-state index contributed by atoms with van der Waals surface area (Å²) in [7, 11) is 0. The van der Waals surface area contributed by atoms with Crippen molar-refractivity contribution in [2.45, 2.75) is 26.3 Å². The average molecular weight is 304 g/mol. The first-order chi connectivity index (χ1) is 10.5. The molecule has 116 valence electrons. The lowest BCUT2D eigenvalue weighted by Crippen LogP contribution is -2.31. The second kappa shape index (κ2) is 5.44. The number of aromatic carboxylic acids is 1. The number of aryl methyl sites for hydroxylation is 1. The number of benzene rings is 1. The molecule has 1 fully saturated rings. The number of nitrogens with zero attached hydrogens (tertiary/aromatic N) is 2. The first kappa shape index (κ1) is 14.6. The summed E-state index contributed by atoms with van der Waals surface area (Å²) < 4.78 is 14.9. The monoisotopic (exact) mass is 304 g/mol. The molecule has 0 atom stereocenters. The fourth-order valence-corrected chi connectivity index (χ4v) is 3.14. The second-order valence-electron chi connectivity index (χ2n) is 5.61. The number of likely N-dealkylation sites (tertiary alicyclic amines) is 1. The average Bonchev–Trinajstić information content (AvgIpc) is 3.07. The van der Waals surface area contributed by atoms with Crippen molar-refractivity contribution in [1.82, 2.24) is 9.47 Å². The van der Waals surface area contributed by atoms with Gasteiger partial charge in [0.1, 0.15) is 18.1 Å². The van der Waals surface area contributed by atoms with Crippen LogP contribution in [0.15, 0.2) is 18.2 Å². The highest BCUT2D eigenvalue weighted by Gasteiger charge is 2.24. The quantitative estimate of drug-likeness (QED) is 0.947. The van der Waals surface area contributed by atoms with Crippen LogP contribution in [-0.2, 0) is 11.3 Å². The van der Waals surface area contributed by atoms with Gasteiger partial charge in [-0.25, -0.2) is 9.18 Å². The zero-order chi connectivity index (χ0) is 15.9. The predicted octanol–water partition coefficient (Wildman–Crippen LogP) is 2.41. The van der Waals surface area contributed by atoms with Crippen LogP contribution in [0.2, 0.25) is 0 Å². The van der Waals surface area contributed by atoms with Gasteiger partial charge in [-0.2, -0.15) is 0 Å². The minimum absolute atomic E-state index is 0.0302. The van der Waals surface area contributed by atoms with E-state index in [4.69, 9.17) is 0 Å². The van der Waals surface area contributed by atoms with Crippen LogP contribution in [0.5, 0.6) is 0 Å². The van der Waals surface area contributed by atoms with Crippen molar-refractivity contribution in [1.29, 1.82) is 0 Å². The molecule has 0 aliphatic carbocycles. The molecule has 0 bridgehead atoms. The Morgan fingerprint density at radius 1 is 1.27 bits per heavy atom. The minimum atomic E-state index is -1.11. The Bertz CT molecular complexity index is 760. The van der Waals surface area contributed by atoms with Crippen molar-refractivity contribution < 1.29 is 19.1 Å². The molecule has 1 aliphatic rings. The van der Waals surface area contributed by atoms with Crippen LogP contribution in [0.1, 0.15) is 28.9 Å². The van der Waals surface area contributed by atoms with Gasteiger partial charge < -0.3 is 14.6 Å². The topological polar surface area (TPSA) is 62.5 Å². The van der Waals surface area contributed by atoms with Crippen LogP contribution in [-0.4, -0.2) is 39.5 Å². The molecule has 3 rings (SSSR count). The molecule has 0 unspecified atom stereocenters. The summed E-state index contributed by atoms with van der Waals surface area (Å²) in [5, 5.41) is 9.99. The number of carbonyl (C=O) groups excluding carboxylic acids is 1. The molecule has 1 amide bonds. The summed E-state index contributed by atoms with van der Waals surface area (Å²) >= 11 is 0. The molecule has 1 N–H and O–H groups in total. The lowest BCUT2D eigenvalue weighted by atomic mass is 10.1. The first-order valence-corrected chi connectivity index (χ1v) is 7.28. The molecule has 1 aliphatic heterocycles. The van der Waals surface area contributed by atoms with Gasteiger partial charge in [0.2, 0.25) is 5.91 Å². The molecular formula is C16H17FN2O3. The smallest absolute Gasteiger partial charge is 0.352 e. The molecule has 5 nitrogen and oxygen atoms in total. The molecule has 1 aromatic carbocycles.